The first kappa shape index (κ1) is 15.5. The Morgan fingerprint density at radius 1 is 1.40 bits per heavy atom. The third kappa shape index (κ3) is 3.82. The van der Waals surface area contributed by atoms with E-state index in [1.54, 1.807) is 0 Å². The average Bonchev–Trinajstić information content (AvgIpc) is 2.66. The molecule has 1 aromatic heterocycles. The molecular formula is C14H23BrN4O. The fraction of sp³-hybridized carbons (Fsp3) is 0.714. The van der Waals surface area contributed by atoms with Crippen molar-refractivity contribution in [3.05, 3.63) is 15.9 Å². The summed E-state index contributed by atoms with van der Waals surface area (Å²) < 4.78 is 2.93. The number of likely N-dealkylation sites (tertiary alicyclic amines) is 1. The zero-order valence-electron chi connectivity index (χ0n) is 12.4. The van der Waals surface area contributed by atoms with Gasteiger partial charge in [0.1, 0.15) is 0 Å². The lowest BCUT2D eigenvalue weighted by molar-refractivity contribution is -0.122. The zero-order chi connectivity index (χ0) is 14.7. The molecule has 0 unspecified atom stereocenters. The lowest BCUT2D eigenvalue weighted by atomic mass is 10.1. The van der Waals surface area contributed by atoms with E-state index in [-0.39, 0.29) is 5.91 Å². The minimum Gasteiger partial charge on any atom is -0.353 e. The highest BCUT2D eigenvalue weighted by Crippen LogP contribution is 2.19. The van der Waals surface area contributed by atoms with Crippen molar-refractivity contribution >= 4 is 21.8 Å². The van der Waals surface area contributed by atoms with Gasteiger partial charge in [0, 0.05) is 18.2 Å². The van der Waals surface area contributed by atoms with Crippen LogP contribution in [-0.2, 0) is 11.3 Å². The zero-order valence-corrected chi connectivity index (χ0v) is 14.0. The van der Waals surface area contributed by atoms with Crippen LogP contribution < -0.4 is 5.32 Å². The van der Waals surface area contributed by atoms with E-state index in [0.717, 1.165) is 41.8 Å². The van der Waals surface area contributed by atoms with Gasteiger partial charge in [-0.1, -0.05) is 0 Å². The summed E-state index contributed by atoms with van der Waals surface area (Å²) in [5.41, 5.74) is 2.05. The van der Waals surface area contributed by atoms with Gasteiger partial charge in [-0.25, -0.2) is 0 Å². The molecule has 1 aromatic rings. The molecule has 0 spiro atoms. The van der Waals surface area contributed by atoms with Crippen LogP contribution in [0.25, 0.3) is 0 Å². The van der Waals surface area contributed by atoms with Crippen LogP contribution in [0.4, 0.5) is 0 Å². The molecule has 6 heteroatoms. The molecule has 1 N–H and O–H groups in total. The molecule has 20 heavy (non-hydrogen) atoms. The largest absolute Gasteiger partial charge is 0.353 e. The van der Waals surface area contributed by atoms with Crippen molar-refractivity contribution in [3.63, 3.8) is 0 Å². The second kappa shape index (κ2) is 6.72. The van der Waals surface area contributed by atoms with Crippen LogP contribution in [0.15, 0.2) is 4.47 Å². The number of carbonyl (C=O) groups is 1. The van der Waals surface area contributed by atoms with Crippen molar-refractivity contribution in [1.82, 2.24) is 20.0 Å². The summed E-state index contributed by atoms with van der Waals surface area (Å²) in [7, 11) is 2.12. The van der Waals surface area contributed by atoms with Crippen LogP contribution >= 0.6 is 15.9 Å². The van der Waals surface area contributed by atoms with Gasteiger partial charge in [-0.2, -0.15) is 5.10 Å². The first-order chi connectivity index (χ1) is 9.47. The van der Waals surface area contributed by atoms with Gasteiger partial charge >= 0.3 is 0 Å². The fourth-order valence-corrected chi connectivity index (χ4v) is 2.84. The molecule has 1 saturated heterocycles. The summed E-state index contributed by atoms with van der Waals surface area (Å²) in [4.78, 5) is 14.3. The van der Waals surface area contributed by atoms with Gasteiger partial charge in [-0.05, 0) is 62.8 Å². The smallest absolute Gasteiger partial charge is 0.222 e. The van der Waals surface area contributed by atoms with Crippen molar-refractivity contribution in [2.24, 2.45) is 0 Å². The summed E-state index contributed by atoms with van der Waals surface area (Å²) in [5, 5.41) is 7.55. The number of aromatic nitrogens is 2. The molecule has 0 aromatic carbocycles. The van der Waals surface area contributed by atoms with Crippen LogP contribution in [0.3, 0.4) is 0 Å². The Bertz CT molecular complexity index is 478. The third-order valence-corrected chi connectivity index (χ3v) is 5.08. The monoisotopic (exact) mass is 342 g/mol. The van der Waals surface area contributed by atoms with E-state index < -0.39 is 0 Å². The Balaban J connectivity index is 1.79. The quantitative estimate of drug-likeness (QED) is 0.908. The lowest BCUT2D eigenvalue weighted by Gasteiger charge is -2.29. The standard InChI is InChI=1S/C14H23BrN4O/c1-10-14(15)11(2)19(17-10)9-6-13(20)16-12-4-7-18(3)8-5-12/h12H,4-9H2,1-3H3,(H,16,20). The second-order valence-electron chi connectivity index (χ2n) is 5.60. The Morgan fingerprint density at radius 2 is 2.05 bits per heavy atom. The Morgan fingerprint density at radius 3 is 2.60 bits per heavy atom. The number of aryl methyl sites for hydroxylation is 2. The molecule has 0 bridgehead atoms. The molecule has 2 heterocycles. The topological polar surface area (TPSA) is 50.2 Å². The Hall–Kier alpha value is -0.880. The van der Waals surface area contributed by atoms with Gasteiger partial charge in [0.2, 0.25) is 5.91 Å². The summed E-state index contributed by atoms with van der Waals surface area (Å²) in [6, 6.07) is 0.339. The number of piperidine rings is 1. The normalized spacial score (nSPS) is 17.4. The van der Waals surface area contributed by atoms with E-state index in [2.05, 4.69) is 38.3 Å². The van der Waals surface area contributed by atoms with E-state index in [1.807, 2.05) is 18.5 Å². The van der Waals surface area contributed by atoms with E-state index in [4.69, 9.17) is 0 Å². The first-order valence-corrected chi connectivity index (χ1v) is 7.94. The van der Waals surface area contributed by atoms with E-state index in [9.17, 15) is 4.79 Å². The van der Waals surface area contributed by atoms with Gasteiger partial charge in [-0.15, -0.1) is 0 Å². The number of halogens is 1. The summed E-state index contributed by atoms with van der Waals surface area (Å²) >= 11 is 3.50. The molecule has 2 rings (SSSR count). The van der Waals surface area contributed by atoms with Crippen LogP contribution in [0.1, 0.15) is 30.7 Å². The van der Waals surface area contributed by atoms with Crippen molar-refractivity contribution in [2.45, 2.75) is 45.7 Å². The number of nitrogens with zero attached hydrogens (tertiary/aromatic N) is 3. The highest BCUT2D eigenvalue weighted by molar-refractivity contribution is 9.10. The van der Waals surface area contributed by atoms with E-state index in [0.29, 0.717) is 19.0 Å². The van der Waals surface area contributed by atoms with E-state index in [1.165, 1.54) is 0 Å². The molecule has 0 atom stereocenters. The lowest BCUT2D eigenvalue weighted by Crippen LogP contribution is -2.43. The molecule has 0 aliphatic carbocycles. The van der Waals surface area contributed by atoms with Gasteiger partial charge in [0.15, 0.2) is 0 Å². The van der Waals surface area contributed by atoms with Crippen molar-refractivity contribution in [3.8, 4) is 0 Å². The summed E-state index contributed by atoms with van der Waals surface area (Å²) in [5.74, 6) is 0.128. The minimum absolute atomic E-state index is 0.128. The SMILES string of the molecule is Cc1nn(CCC(=O)NC2CCN(C)CC2)c(C)c1Br. The summed E-state index contributed by atoms with van der Waals surface area (Å²) in [6.07, 6.45) is 2.59. The molecule has 0 radical (unpaired) electrons. The minimum atomic E-state index is 0.128. The number of hydrogen-bond donors (Lipinski definition) is 1. The molecule has 0 saturated carbocycles. The highest BCUT2D eigenvalue weighted by Gasteiger charge is 2.18. The maximum atomic E-state index is 12.0. The molecule has 1 aliphatic heterocycles. The predicted molar refractivity (Wildman–Crippen MR) is 82.7 cm³/mol. The number of amides is 1. The van der Waals surface area contributed by atoms with Crippen LogP contribution in [0.5, 0.6) is 0 Å². The number of hydrogen-bond acceptors (Lipinski definition) is 3. The maximum absolute atomic E-state index is 12.0. The van der Waals surface area contributed by atoms with Crippen LogP contribution in [0.2, 0.25) is 0 Å². The van der Waals surface area contributed by atoms with Crippen LogP contribution in [-0.4, -0.2) is 46.8 Å². The van der Waals surface area contributed by atoms with Crippen molar-refractivity contribution in [1.29, 1.82) is 0 Å². The third-order valence-electron chi connectivity index (χ3n) is 3.93. The molecule has 1 fully saturated rings. The molecule has 112 valence electrons. The average molecular weight is 343 g/mol. The molecule has 5 nitrogen and oxygen atoms in total. The predicted octanol–water partition coefficient (Wildman–Crippen LogP) is 1.86. The van der Waals surface area contributed by atoms with Crippen molar-refractivity contribution < 1.29 is 4.79 Å². The van der Waals surface area contributed by atoms with Crippen LogP contribution in [0, 0.1) is 13.8 Å². The van der Waals surface area contributed by atoms with Crippen molar-refractivity contribution in [2.75, 3.05) is 20.1 Å². The van der Waals surface area contributed by atoms with Gasteiger partial charge < -0.3 is 10.2 Å². The molecular weight excluding hydrogens is 320 g/mol. The Kier molecular flexibility index (Phi) is 5.21. The molecule has 1 amide bonds. The first-order valence-electron chi connectivity index (χ1n) is 7.14. The second-order valence-corrected chi connectivity index (χ2v) is 6.40. The number of rotatable bonds is 4. The Labute approximate surface area is 128 Å². The fourth-order valence-electron chi connectivity index (χ4n) is 2.55. The van der Waals surface area contributed by atoms with Gasteiger partial charge in [-0.3, -0.25) is 9.48 Å². The van der Waals surface area contributed by atoms with Gasteiger partial charge in [0.05, 0.1) is 16.7 Å². The number of nitrogens with one attached hydrogen (secondary N) is 1. The number of carbonyl (C=O) groups excluding carboxylic acids is 1. The van der Waals surface area contributed by atoms with E-state index >= 15 is 0 Å². The molecule has 1 aliphatic rings. The highest BCUT2D eigenvalue weighted by atomic mass is 79.9. The summed E-state index contributed by atoms with van der Waals surface area (Å²) in [6.45, 7) is 6.74. The maximum Gasteiger partial charge on any atom is 0.222 e. The van der Waals surface area contributed by atoms with Gasteiger partial charge in [0.25, 0.3) is 0 Å².